The monoisotopic (exact) mass is 683 g/mol. The van der Waals surface area contributed by atoms with Crippen LogP contribution in [0, 0.1) is 25.2 Å². The van der Waals surface area contributed by atoms with E-state index in [2.05, 4.69) is 10.3 Å². The maximum absolute atomic E-state index is 14.7. The molecule has 268 valence electrons. The third-order valence-electron chi connectivity index (χ3n) is 8.58. The minimum Gasteiger partial charge on any atom is -0.481 e. The van der Waals surface area contributed by atoms with Crippen molar-refractivity contribution in [3.05, 3.63) is 63.4 Å². The third-order valence-corrected chi connectivity index (χ3v) is 8.58. The number of para-hydroxylation sites is 1. The highest BCUT2D eigenvalue weighted by molar-refractivity contribution is 5.94. The molecule has 1 fully saturated rings. The van der Waals surface area contributed by atoms with E-state index in [1.54, 1.807) is 37.5 Å². The summed E-state index contributed by atoms with van der Waals surface area (Å²) in [5.41, 5.74) is 0.0285. The number of ether oxygens (including phenoxy) is 2. The summed E-state index contributed by atoms with van der Waals surface area (Å²) in [6.07, 6.45) is 0.974. The highest BCUT2D eigenvalue weighted by Crippen LogP contribution is 2.38. The maximum Gasteiger partial charge on any atom is 0.519 e. The second-order valence-corrected chi connectivity index (χ2v) is 14.3. The van der Waals surface area contributed by atoms with Crippen LogP contribution in [0.1, 0.15) is 87.1 Å². The summed E-state index contributed by atoms with van der Waals surface area (Å²) in [6, 6.07) is 6.93. The molecule has 1 N–H and O–H groups in total. The predicted molar refractivity (Wildman–Crippen MR) is 179 cm³/mol. The molecule has 49 heavy (non-hydrogen) atoms. The zero-order valence-corrected chi connectivity index (χ0v) is 29.8. The van der Waals surface area contributed by atoms with Gasteiger partial charge in [0, 0.05) is 39.8 Å². The quantitative estimate of drug-likeness (QED) is 0.245. The van der Waals surface area contributed by atoms with Crippen molar-refractivity contribution in [3.8, 4) is 5.69 Å². The number of methoxy groups -OCH3 is 1. The summed E-state index contributed by atoms with van der Waals surface area (Å²) in [4.78, 5) is 56.4. The number of carbonyl (C=O) groups excluding carboxylic acids is 2. The smallest absolute Gasteiger partial charge is 0.481 e. The molecule has 3 aromatic rings. The van der Waals surface area contributed by atoms with E-state index >= 15 is 0 Å². The van der Waals surface area contributed by atoms with Gasteiger partial charge in [0.1, 0.15) is 11.4 Å². The number of carboxylic acid groups (broad SMARTS) is 1. The zero-order chi connectivity index (χ0) is 36.1. The van der Waals surface area contributed by atoms with E-state index in [0.717, 1.165) is 17.7 Å². The number of aliphatic carboxylic acids is 1. The molecule has 0 saturated carbocycles. The second-order valence-electron chi connectivity index (χ2n) is 14.3. The third kappa shape index (κ3) is 8.97. The number of amides is 2. The van der Waals surface area contributed by atoms with E-state index in [-0.39, 0.29) is 55.6 Å². The Hall–Kier alpha value is -4.46. The highest BCUT2D eigenvalue weighted by Gasteiger charge is 2.51. The first-order valence-electron chi connectivity index (χ1n) is 16.7. The number of rotatable bonds is 13. The molecule has 14 heteroatoms. The van der Waals surface area contributed by atoms with E-state index in [0.29, 0.717) is 25.1 Å². The number of hydrogen-bond donors (Lipinski definition) is 1. The molecule has 0 spiro atoms. The van der Waals surface area contributed by atoms with E-state index in [1.165, 1.54) is 11.8 Å². The molecule has 2 amide bonds. The van der Waals surface area contributed by atoms with Gasteiger partial charge in [0.2, 0.25) is 0 Å². The van der Waals surface area contributed by atoms with Crippen LogP contribution in [0.3, 0.4) is 0 Å². The Labute approximate surface area is 286 Å². The average Bonchev–Trinajstić information content (AvgIpc) is 3.57. The summed E-state index contributed by atoms with van der Waals surface area (Å²) in [6.45, 7) is 13.2. The summed E-state index contributed by atoms with van der Waals surface area (Å²) in [5.74, 6) is -2.38. The molecule has 0 aliphatic carbocycles. The van der Waals surface area contributed by atoms with E-state index < -0.39 is 40.8 Å². The van der Waals surface area contributed by atoms with Gasteiger partial charge >= 0.3 is 17.9 Å². The number of carboxylic acids is 1. The van der Waals surface area contributed by atoms with Crippen molar-refractivity contribution in [2.75, 3.05) is 33.4 Å². The molecule has 0 radical (unpaired) electrons. The molecular weight excluding hydrogens is 634 g/mol. The van der Waals surface area contributed by atoms with Gasteiger partial charge in [-0.25, -0.2) is 14.3 Å². The van der Waals surface area contributed by atoms with Gasteiger partial charge in [-0.3, -0.25) is 9.59 Å². The van der Waals surface area contributed by atoms with Gasteiger partial charge in [0.15, 0.2) is 11.5 Å². The Morgan fingerprint density at radius 2 is 1.86 bits per heavy atom. The summed E-state index contributed by atoms with van der Waals surface area (Å²) in [7, 11) is 1.64. The van der Waals surface area contributed by atoms with Gasteiger partial charge in [-0.2, -0.15) is 0 Å². The molecule has 0 unspecified atom stereocenters. The second kappa shape index (κ2) is 15.4. The molecule has 3 heterocycles. The minimum absolute atomic E-state index is 0.0197. The summed E-state index contributed by atoms with van der Waals surface area (Å²) < 4.78 is 22.9. The lowest BCUT2D eigenvalue weighted by Crippen LogP contribution is -2.61. The Bertz CT molecular complexity index is 1680. The lowest BCUT2D eigenvalue weighted by molar-refractivity contribution is -0.154. The summed E-state index contributed by atoms with van der Waals surface area (Å²) >= 11 is 0. The Balaban J connectivity index is 1.81. The molecule has 1 saturated heterocycles. The number of hydrogen-bond acceptors (Lipinski definition) is 10. The van der Waals surface area contributed by atoms with Gasteiger partial charge in [-0.15, -0.1) is 5.10 Å². The number of aryl methyl sites for hydroxylation is 2. The Kier molecular flexibility index (Phi) is 11.7. The molecule has 4 rings (SSSR count). The topological polar surface area (TPSA) is 170 Å². The Morgan fingerprint density at radius 1 is 1.14 bits per heavy atom. The molecule has 1 aliphatic heterocycles. The normalized spacial score (nSPS) is 18.1. The largest absolute Gasteiger partial charge is 0.519 e. The van der Waals surface area contributed by atoms with Crippen LogP contribution in [0.2, 0.25) is 0 Å². The van der Waals surface area contributed by atoms with Crippen LogP contribution in [0.5, 0.6) is 0 Å². The van der Waals surface area contributed by atoms with Crippen molar-refractivity contribution in [1.29, 1.82) is 0 Å². The van der Waals surface area contributed by atoms with Gasteiger partial charge < -0.3 is 33.2 Å². The van der Waals surface area contributed by atoms with E-state index in [4.69, 9.17) is 18.3 Å². The lowest BCUT2D eigenvalue weighted by atomic mass is 9.74. The molecular formula is C35H49N5O9. The zero-order valence-electron chi connectivity index (χ0n) is 29.8. The number of aromatic nitrogens is 3. The highest BCUT2D eigenvalue weighted by atomic mass is 16.6. The van der Waals surface area contributed by atoms with Crippen LogP contribution in [0.15, 0.2) is 37.9 Å². The van der Waals surface area contributed by atoms with Gasteiger partial charge in [-0.05, 0) is 77.8 Å². The maximum atomic E-state index is 14.7. The predicted octanol–water partition coefficient (Wildman–Crippen LogP) is 4.82. The SMILES string of the molecule is COCCCCc1c(C(=O)N(CC(C)C)[C@@H]2CN(C(=O)OC(C)(C)C)C[C@](Cc3oc(=O)oc3C)(C(=O)O)C2)nnn1-c1ccccc1C. The molecule has 0 bridgehead atoms. The van der Waals surface area contributed by atoms with Crippen LogP contribution in [0.4, 0.5) is 4.79 Å². The van der Waals surface area contributed by atoms with Crippen LogP contribution in [-0.2, 0) is 27.1 Å². The first-order valence-corrected chi connectivity index (χ1v) is 16.7. The summed E-state index contributed by atoms with van der Waals surface area (Å²) in [5, 5.41) is 19.6. The van der Waals surface area contributed by atoms with Crippen molar-refractivity contribution in [1.82, 2.24) is 24.8 Å². The van der Waals surface area contributed by atoms with Crippen molar-refractivity contribution in [3.63, 3.8) is 0 Å². The molecule has 14 nitrogen and oxygen atoms in total. The number of unbranched alkanes of at least 4 members (excludes halogenated alkanes) is 1. The van der Waals surface area contributed by atoms with Crippen molar-refractivity contribution in [2.24, 2.45) is 11.3 Å². The lowest BCUT2D eigenvalue weighted by Gasteiger charge is -2.47. The van der Waals surface area contributed by atoms with Crippen LogP contribution in [0.25, 0.3) is 5.69 Å². The number of likely N-dealkylation sites (tertiary alicyclic amines) is 1. The molecule has 1 aromatic carbocycles. The van der Waals surface area contributed by atoms with Crippen LogP contribution >= 0.6 is 0 Å². The van der Waals surface area contributed by atoms with Gasteiger partial charge in [0.05, 0.1) is 22.8 Å². The van der Waals surface area contributed by atoms with Gasteiger partial charge in [-0.1, -0.05) is 37.3 Å². The van der Waals surface area contributed by atoms with Crippen LogP contribution < -0.4 is 5.82 Å². The van der Waals surface area contributed by atoms with Crippen molar-refractivity contribution >= 4 is 18.0 Å². The first kappa shape index (κ1) is 37.4. The minimum atomic E-state index is -1.65. The van der Waals surface area contributed by atoms with Gasteiger partial charge in [0.25, 0.3) is 5.91 Å². The fourth-order valence-corrected chi connectivity index (χ4v) is 6.29. The molecule has 2 aromatic heterocycles. The van der Waals surface area contributed by atoms with Crippen molar-refractivity contribution < 1.29 is 37.8 Å². The molecule has 1 aliphatic rings. The number of benzene rings is 1. The van der Waals surface area contributed by atoms with Crippen molar-refractivity contribution in [2.45, 2.75) is 92.2 Å². The average molecular weight is 684 g/mol. The first-order chi connectivity index (χ1) is 23.0. The fourth-order valence-electron chi connectivity index (χ4n) is 6.29. The van der Waals surface area contributed by atoms with E-state index in [9.17, 15) is 24.3 Å². The Morgan fingerprint density at radius 3 is 2.45 bits per heavy atom. The number of carbonyl (C=O) groups is 3. The fraction of sp³-hybridized carbons (Fsp3) is 0.600. The number of nitrogens with zero attached hydrogens (tertiary/aromatic N) is 5. The van der Waals surface area contributed by atoms with E-state index in [1.807, 2.05) is 45.0 Å². The van der Waals surface area contributed by atoms with Crippen LogP contribution in [-0.4, -0.2) is 92.9 Å². The standard InChI is InChI=1S/C35H49N5O9/c1-22(2)19-39(30(41)29-27(15-11-12-16-46-8)40(37-36-29)26-14-10-9-13-23(26)3)25-17-35(31(42)43,18-28-24(4)47-33(45)48-28)21-38(20-25)32(44)49-34(5,6)7/h9-10,13-14,22,25H,11-12,15-21H2,1-8H3,(H,42,43)/t25-,35-/m0/s1. The number of piperidine rings is 1. The molecule has 2 atom stereocenters.